The van der Waals surface area contributed by atoms with E-state index in [4.69, 9.17) is 9.15 Å². The molecule has 2 amide bonds. The first-order chi connectivity index (χ1) is 14.3. The lowest BCUT2D eigenvalue weighted by Gasteiger charge is -2.34. The van der Waals surface area contributed by atoms with Crippen LogP contribution in [0.5, 0.6) is 5.75 Å². The summed E-state index contributed by atoms with van der Waals surface area (Å²) in [6, 6.07) is 9.97. The number of carbonyl (C=O) groups excluding carboxylic acids is 2. The monoisotopic (exact) mass is 435 g/mol. The second kappa shape index (κ2) is 9.77. The molecule has 0 radical (unpaired) electrons. The molecule has 1 N–H and O–H groups in total. The summed E-state index contributed by atoms with van der Waals surface area (Å²) in [6.07, 6.45) is 2.65. The summed E-state index contributed by atoms with van der Waals surface area (Å²) in [7, 11) is -2.99. The number of hydrogen-bond donors (Lipinski definition) is 1. The second-order valence-corrected chi connectivity index (χ2v) is 9.36. The molecule has 0 saturated carbocycles. The summed E-state index contributed by atoms with van der Waals surface area (Å²) in [5.41, 5.74) is 0.529. The maximum absolute atomic E-state index is 12.4. The summed E-state index contributed by atoms with van der Waals surface area (Å²) in [5.74, 6) is 0.279. The lowest BCUT2D eigenvalue weighted by molar-refractivity contribution is -0.135. The molecule has 1 fully saturated rings. The highest BCUT2D eigenvalue weighted by Crippen LogP contribution is 2.18. The molecule has 3 rings (SSSR count). The number of anilines is 1. The molecule has 162 valence electrons. The normalized spacial score (nSPS) is 15.0. The van der Waals surface area contributed by atoms with E-state index in [1.165, 1.54) is 12.5 Å². The fraction of sp³-hybridized carbons (Fsp3) is 0.400. The van der Waals surface area contributed by atoms with E-state index < -0.39 is 9.84 Å². The number of rotatable bonds is 8. The van der Waals surface area contributed by atoms with E-state index in [2.05, 4.69) is 5.32 Å². The maximum atomic E-state index is 12.4. The fourth-order valence-corrected chi connectivity index (χ4v) is 3.61. The Balaban J connectivity index is 1.44. The van der Waals surface area contributed by atoms with Crippen molar-refractivity contribution in [2.24, 2.45) is 0 Å². The Hall–Kier alpha value is -2.85. The summed E-state index contributed by atoms with van der Waals surface area (Å²) in [6.45, 7) is 2.70. The fourth-order valence-electron chi connectivity index (χ4n) is 3.02. The van der Waals surface area contributed by atoms with Crippen LogP contribution in [0.3, 0.4) is 0 Å². The quantitative estimate of drug-likeness (QED) is 0.661. The zero-order chi connectivity index (χ0) is 21.6. The van der Waals surface area contributed by atoms with Gasteiger partial charge in [-0.2, -0.15) is 0 Å². The molecule has 30 heavy (non-hydrogen) atoms. The second-order valence-electron chi connectivity index (χ2n) is 7.10. The van der Waals surface area contributed by atoms with Gasteiger partial charge in [0.2, 0.25) is 0 Å². The Morgan fingerprint density at radius 2 is 1.90 bits per heavy atom. The van der Waals surface area contributed by atoms with Gasteiger partial charge >= 0.3 is 0 Å². The Bertz CT molecular complexity index is 966. The van der Waals surface area contributed by atoms with E-state index in [9.17, 15) is 18.0 Å². The van der Waals surface area contributed by atoms with Crippen LogP contribution in [-0.2, 0) is 14.6 Å². The molecule has 2 heterocycles. The van der Waals surface area contributed by atoms with Gasteiger partial charge in [0, 0.05) is 50.7 Å². The molecular weight excluding hydrogens is 410 g/mol. The van der Waals surface area contributed by atoms with Crippen molar-refractivity contribution in [3.05, 3.63) is 48.4 Å². The average molecular weight is 436 g/mol. The van der Waals surface area contributed by atoms with Crippen LogP contribution in [0, 0.1) is 0 Å². The van der Waals surface area contributed by atoms with Crippen LogP contribution in [0.4, 0.5) is 5.69 Å². The largest absolute Gasteiger partial charge is 0.484 e. The number of sulfone groups is 1. The molecule has 0 unspecified atom stereocenters. The van der Waals surface area contributed by atoms with Crippen LogP contribution < -0.4 is 10.1 Å². The van der Waals surface area contributed by atoms with Gasteiger partial charge in [0.15, 0.2) is 12.4 Å². The third-order valence-corrected chi connectivity index (χ3v) is 5.63. The Morgan fingerprint density at radius 1 is 1.13 bits per heavy atom. The van der Waals surface area contributed by atoms with E-state index in [0.717, 1.165) is 0 Å². The van der Waals surface area contributed by atoms with Crippen LogP contribution in [0.2, 0.25) is 0 Å². The summed E-state index contributed by atoms with van der Waals surface area (Å²) >= 11 is 0. The minimum Gasteiger partial charge on any atom is -0.484 e. The van der Waals surface area contributed by atoms with Crippen molar-refractivity contribution < 1.29 is 27.2 Å². The number of benzene rings is 1. The molecule has 0 atom stereocenters. The maximum Gasteiger partial charge on any atom is 0.291 e. The molecule has 1 aromatic carbocycles. The van der Waals surface area contributed by atoms with Gasteiger partial charge < -0.3 is 19.4 Å². The third kappa shape index (κ3) is 6.60. The third-order valence-electron chi connectivity index (χ3n) is 4.70. The van der Waals surface area contributed by atoms with Gasteiger partial charge in [-0.1, -0.05) is 6.07 Å². The highest BCUT2D eigenvalue weighted by atomic mass is 32.2. The number of hydrogen-bond acceptors (Lipinski definition) is 7. The van der Waals surface area contributed by atoms with E-state index in [1.54, 1.807) is 41.3 Å². The van der Waals surface area contributed by atoms with Gasteiger partial charge in [-0.25, -0.2) is 8.42 Å². The van der Waals surface area contributed by atoms with E-state index in [1.807, 2.05) is 4.90 Å². The highest BCUT2D eigenvalue weighted by Gasteiger charge is 2.22. The van der Waals surface area contributed by atoms with Gasteiger partial charge in [-0.15, -0.1) is 0 Å². The molecule has 1 aromatic heterocycles. The van der Waals surface area contributed by atoms with Crippen molar-refractivity contribution in [1.82, 2.24) is 9.80 Å². The summed E-state index contributed by atoms with van der Waals surface area (Å²) < 4.78 is 33.2. The van der Waals surface area contributed by atoms with Crippen LogP contribution in [0.15, 0.2) is 47.1 Å². The van der Waals surface area contributed by atoms with Crippen LogP contribution in [0.1, 0.15) is 10.6 Å². The number of piperazine rings is 1. The average Bonchev–Trinajstić information content (AvgIpc) is 3.26. The van der Waals surface area contributed by atoms with Crippen molar-refractivity contribution in [3.63, 3.8) is 0 Å². The molecule has 0 spiro atoms. The minimum atomic E-state index is -2.99. The molecule has 2 aromatic rings. The molecule has 1 aliphatic rings. The van der Waals surface area contributed by atoms with Crippen LogP contribution in [0.25, 0.3) is 0 Å². The van der Waals surface area contributed by atoms with Gasteiger partial charge in [0.25, 0.3) is 11.8 Å². The van der Waals surface area contributed by atoms with Gasteiger partial charge in [-0.05, 0) is 24.3 Å². The lowest BCUT2D eigenvalue weighted by Crippen LogP contribution is -2.50. The number of amides is 2. The zero-order valence-electron chi connectivity index (χ0n) is 16.7. The van der Waals surface area contributed by atoms with Crippen molar-refractivity contribution in [2.75, 3.05) is 56.7 Å². The van der Waals surface area contributed by atoms with Gasteiger partial charge in [0.05, 0.1) is 12.0 Å². The number of carbonyl (C=O) groups is 2. The van der Waals surface area contributed by atoms with Gasteiger partial charge in [-0.3, -0.25) is 14.5 Å². The summed E-state index contributed by atoms with van der Waals surface area (Å²) in [5, 5.41) is 2.71. The Labute approximate surface area is 175 Å². The minimum absolute atomic E-state index is 0.112. The standard InChI is InChI=1S/C20H25N3O6S/c1-30(26,27)13-11-22-7-9-23(10-8-22)19(24)15-29-17-5-2-4-16(14-17)21-20(25)18-6-3-12-28-18/h2-6,12,14H,7-11,13,15H2,1H3,(H,21,25). The topological polar surface area (TPSA) is 109 Å². The van der Waals surface area contributed by atoms with E-state index in [-0.39, 0.29) is 29.9 Å². The first kappa shape index (κ1) is 21.8. The Morgan fingerprint density at radius 3 is 2.57 bits per heavy atom. The van der Waals surface area contributed by atoms with Crippen LogP contribution >= 0.6 is 0 Å². The zero-order valence-corrected chi connectivity index (χ0v) is 17.6. The Kier molecular flexibility index (Phi) is 7.11. The first-order valence-electron chi connectivity index (χ1n) is 9.56. The van der Waals surface area contributed by atoms with E-state index in [0.29, 0.717) is 44.2 Å². The van der Waals surface area contributed by atoms with Crippen molar-refractivity contribution >= 4 is 27.3 Å². The lowest BCUT2D eigenvalue weighted by atomic mass is 10.3. The smallest absolute Gasteiger partial charge is 0.291 e. The molecule has 0 aliphatic carbocycles. The molecular formula is C20H25N3O6S. The van der Waals surface area contributed by atoms with E-state index >= 15 is 0 Å². The summed E-state index contributed by atoms with van der Waals surface area (Å²) in [4.78, 5) is 28.2. The van der Waals surface area contributed by atoms with Crippen molar-refractivity contribution in [2.45, 2.75) is 0 Å². The predicted molar refractivity (Wildman–Crippen MR) is 111 cm³/mol. The molecule has 9 nitrogen and oxygen atoms in total. The first-order valence-corrected chi connectivity index (χ1v) is 11.6. The number of nitrogens with zero attached hydrogens (tertiary/aromatic N) is 2. The highest BCUT2D eigenvalue weighted by molar-refractivity contribution is 7.90. The molecule has 1 aliphatic heterocycles. The number of nitrogens with one attached hydrogen (secondary N) is 1. The number of furan rings is 1. The van der Waals surface area contributed by atoms with Gasteiger partial charge in [0.1, 0.15) is 15.6 Å². The SMILES string of the molecule is CS(=O)(=O)CCN1CCN(C(=O)COc2cccc(NC(=O)c3ccco3)c2)CC1. The van der Waals surface area contributed by atoms with Crippen LogP contribution in [-0.4, -0.2) is 81.4 Å². The number of ether oxygens (including phenoxy) is 1. The molecule has 0 bridgehead atoms. The molecule has 1 saturated heterocycles. The predicted octanol–water partition coefficient (Wildman–Crippen LogP) is 1.10. The van der Waals surface area contributed by atoms with Crippen molar-refractivity contribution in [1.29, 1.82) is 0 Å². The van der Waals surface area contributed by atoms with Crippen molar-refractivity contribution in [3.8, 4) is 5.75 Å². The molecule has 10 heteroatoms.